The molecule has 0 saturated carbocycles. The molecule has 1 aromatic heterocycles. The van der Waals surface area contributed by atoms with Gasteiger partial charge in [0.25, 0.3) is 0 Å². The van der Waals surface area contributed by atoms with Gasteiger partial charge in [0.15, 0.2) is 16.6 Å². The zero-order valence-corrected chi connectivity index (χ0v) is 16.2. The number of carbonyl (C=O) groups is 1. The lowest BCUT2D eigenvalue weighted by Crippen LogP contribution is -2.12. The molecule has 1 heterocycles. The first kappa shape index (κ1) is 18.9. The maximum atomic E-state index is 12.2. The highest BCUT2D eigenvalue weighted by atomic mass is 32.1. The van der Waals surface area contributed by atoms with Gasteiger partial charge < -0.3 is 14.8 Å². The van der Waals surface area contributed by atoms with Crippen molar-refractivity contribution >= 4 is 22.4 Å². The summed E-state index contributed by atoms with van der Waals surface area (Å²) in [6.07, 6.45) is 0.980. The summed E-state index contributed by atoms with van der Waals surface area (Å²) in [5.41, 5.74) is 1.97. The average Bonchev–Trinajstić information content (AvgIpc) is 3.06. The fraction of sp³-hybridized carbons (Fsp3) is 0.238. The van der Waals surface area contributed by atoms with Gasteiger partial charge >= 0.3 is 0 Å². The maximum Gasteiger partial charge on any atom is 0.226 e. The fourth-order valence-corrected chi connectivity index (χ4v) is 3.50. The van der Waals surface area contributed by atoms with E-state index < -0.39 is 0 Å². The third-order valence-corrected chi connectivity index (χ3v) is 4.85. The number of carbonyl (C=O) groups excluding carboxylic acids is 1. The minimum absolute atomic E-state index is 0.0630. The number of hydrogen-bond acceptors (Lipinski definition) is 5. The minimum atomic E-state index is -0.0630. The number of amides is 1. The van der Waals surface area contributed by atoms with E-state index in [9.17, 15) is 4.79 Å². The van der Waals surface area contributed by atoms with Gasteiger partial charge in [-0.1, -0.05) is 42.5 Å². The highest BCUT2D eigenvalue weighted by Gasteiger charge is 2.12. The van der Waals surface area contributed by atoms with Crippen molar-refractivity contribution in [2.75, 3.05) is 19.0 Å². The Hall–Kier alpha value is -2.86. The summed E-state index contributed by atoms with van der Waals surface area (Å²) in [4.78, 5) is 17.8. The largest absolute Gasteiger partial charge is 0.493 e. The molecular formula is C21H22N2O3S. The van der Waals surface area contributed by atoms with Crippen LogP contribution < -0.4 is 14.8 Å². The molecule has 140 valence electrons. The van der Waals surface area contributed by atoms with E-state index in [1.54, 1.807) is 7.11 Å². The predicted octanol–water partition coefficient (Wildman–Crippen LogP) is 4.92. The van der Waals surface area contributed by atoms with Crippen LogP contribution >= 0.6 is 11.3 Å². The Morgan fingerprint density at radius 2 is 1.78 bits per heavy atom. The predicted molar refractivity (Wildman–Crippen MR) is 109 cm³/mol. The number of methoxy groups -OCH3 is 1. The van der Waals surface area contributed by atoms with E-state index in [0.29, 0.717) is 36.1 Å². The molecule has 2 aromatic carbocycles. The Balaban J connectivity index is 1.49. The molecule has 0 radical (unpaired) electrons. The van der Waals surface area contributed by atoms with E-state index in [0.717, 1.165) is 16.1 Å². The molecule has 0 aliphatic carbocycles. The lowest BCUT2D eigenvalue weighted by atomic mass is 10.1. The van der Waals surface area contributed by atoms with Crippen molar-refractivity contribution in [2.24, 2.45) is 0 Å². The molecule has 5 nitrogen and oxygen atoms in total. The van der Waals surface area contributed by atoms with Crippen LogP contribution in [0, 0.1) is 6.92 Å². The molecule has 0 saturated heterocycles. The molecule has 0 fully saturated rings. The Morgan fingerprint density at radius 1 is 1.07 bits per heavy atom. The van der Waals surface area contributed by atoms with Crippen LogP contribution in [0.4, 0.5) is 5.13 Å². The van der Waals surface area contributed by atoms with Crippen molar-refractivity contribution in [3.05, 3.63) is 59.5 Å². The number of rotatable bonds is 8. The van der Waals surface area contributed by atoms with Gasteiger partial charge in [-0.3, -0.25) is 4.79 Å². The lowest BCUT2D eigenvalue weighted by Gasteiger charge is -2.09. The van der Waals surface area contributed by atoms with Crippen LogP contribution in [0.25, 0.3) is 11.3 Å². The van der Waals surface area contributed by atoms with Crippen molar-refractivity contribution in [1.29, 1.82) is 0 Å². The summed E-state index contributed by atoms with van der Waals surface area (Å²) in [5.74, 6) is 1.31. The number of thiazole rings is 1. The summed E-state index contributed by atoms with van der Waals surface area (Å²) < 4.78 is 10.9. The second-order valence-electron chi connectivity index (χ2n) is 5.94. The average molecular weight is 382 g/mol. The van der Waals surface area contributed by atoms with Gasteiger partial charge in [-0.25, -0.2) is 4.98 Å². The van der Waals surface area contributed by atoms with Gasteiger partial charge in [-0.2, -0.15) is 0 Å². The molecule has 1 N–H and O–H groups in total. The first-order valence-corrected chi connectivity index (χ1v) is 9.57. The molecule has 0 bridgehead atoms. The third kappa shape index (κ3) is 5.08. The van der Waals surface area contributed by atoms with Crippen molar-refractivity contribution in [1.82, 2.24) is 4.98 Å². The van der Waals surface area contributed by atoms with E-state index in [1.807, 2.05) is 61.5 Å². The van der Waals surface area contributed by atoms with Gasteiger partial charge in [0.2, 0.25) is 5.91 Å². The van der Waals surface area contributed by atoms with Crippen molar-refractivity contribution in [2.45, 2.75) is 19.8 Å². The fourth-order valence-electron chi connectivity index (χ4n) is 2.65. The van der Waals surface area contributed by atoms with Crippen LogP contribution in [-0.4, -0.2) is 24.6 Å². The second kappa shape index (κ2) is 9.19. The molecule has 0 aliphatic rings. The molecular weight excluding hydrogens is 360 g/mol. The normalized spacial score (nSPS) is 10.4. The Bertz CT molecular complexity index is 893. The molecule has 0 aliphatic heterocycles. The molecule has 6 heteroatoms. The van der Waals surface area contributed by atoms with E-state index in [2.05, 4.69) is 10.3 Å². The highest BCUT2D eigenvalue weighted by molar-refractivity contribution is 7.16. The van der Waals surface area contributed by atoms with Crippen LogP contribution in [0.1, 0.15) is 17.7 Å². The molecule has 1 amide bonds. The summed E-state index contributed by atoms with van der Waals surface area (Å²) >= 11 is 1.49. The number of nitrogens with one attached hydrogen (secondary N) is 1. The van der Waals surface area contributed by atoms with Gasteiger partial charge in [0, 0.05) is 16.9 Å². The number of aryl methyl sites for hydroxylation is 1. The molecule has 0 spiro atoms. The molecule has 3 aromatic rings. The van der Waals surface area contributed by atoms with Gasteiger partial charge in [0.05, 0.1) is 19.4 Å². The summed E-state index contributed by atoms with van der Waals surface area (Å²) in [7, 11) is 1.61. The zero-order valence-electron chi connectivity index (χ0n) is 15.4. The van der Waals surface area contributed by atoms with Gasteiger partial charge in [-0.15, -0.1) is 11.3 Å². The quantitative estimate of drug-likeness (QED) is 0.562. The SMILES string of the molecule is COc1ccccc1OCCCC(=O)Nc1nc(-c2ccccc2)c(C)s1. The van der Waals surface area contributed by atoms with Crippen molar-refractivity contribution < 1.29 is 14.3 Å². The monoisotopic (exact) mass is 382 g/mol. The second-order valence-corrected chi connectivity index (χ2v) is 7.14. The van der Waals surface area contributed by atoms with Crippen LogP contribution in [0.2, 0.25) is 0 Å². The number of ether oxygens (including phenoxy) is 2. The van der Waals surface area contributed by atoms with Crippen LogP contribution in [0.5, 0.6) is 11.5 Å². The maximum absolute atomic E-state index is 12.2. The lowest BCUT2D eigenvalue weighted by molar-refractivity contribution is -0.116. The number of anilines is 1. The van der Waals surface area contributed by atoms with Crippen molar-refractivity contribution in [3.8, 4) is 22.8 Å². The Morgan fingerprint density at radius 3 is 2.52 bits per heavy atom. The van der Waals surface area contributed by atoms with Gasteiger partial charge in [-0.05, 0) is 25.5 Å². The first-order valence-electron chi connectivity index (χ1n) is 8.76. The highest BCUT2D eigenvalue weighted by Crippen LogP contribution is 2.30. The van der Waals surface area contributed by atoms with E-state index in [-0.39, 0.29) is 5.91 Å². The number of hydrogen-bond donors (Lipinski definition) is 1. The standard InChI is InChI=1S/C21H22N2O3S/c1-15-20(16-9-4-3-5-10-16)23-21(27-15)22-19(24)13-8-14-26-18-12-7-6-11-17(18)25-2/h3-7,9-12H,8,13-14H2,1-2H3,(H,22,23,24). The van der Waals surface area contributed by atoms with Crippen LogP contribution in [0.3, 0.4) is 0 Å². The number of nitrogens with zero attached hydrogens (tertiary/aromatic N) is 1. The Labute approximate surface area is 163 Å². The van der Waals surface area contributed by atoms with Crippen LogP contribution in [-0.2, 0) is 4.79 Å². The minimum Gasteiger partial charge on any atom is -0.493 e. The van der Waals surface area contributed by atoms with E-state index in [4.69, 9.17) is 9.47 Å². The van der Waals surface area contributed by atoms with Crippen LogP contribution in [0.15, 0.2) is 54.6 Å². The number of benzene rings is 2. The molecule has 0 atom stereocenters. The van der Waals surface area contributed by atoms with Crippen molar-refractivity contribution in [3.63, 3.8) is 0 Å². The van der Waals surface area contributed by atoms with E-state index >= 15 is 0 Å². The summed E-state index contributed by atoms with van der Waals surface area (Å²) in [6.45, 7) is 2.46. The summed E-state index contributed by atoms with van der Waals surface area (Å²) in [6, 6.07) is 17.4. The molecule has 0 unspecified atom stereocenters. The molecule has 27 heavy (non-hydrogen) atoms. The summed E-state index contributed by atoms with van der Waals surface area (Å²) in [5, 5.41) is 3.51. The number of para-hydroxylation sites is 2. The zero-order chi connectivity index (χ0) is 19.1. The number of aromatic nitrogens is 1. The first-order chi connectivity index (χ1) is 13.2. The Kier molecular flexibility index (Phi) is 6.44. The molecule has 3 rings (SSSR count). The van der Waals surface area contributed by atoms with E-state index in [1.165, 1.54) is 11.3 Å². The topological polar surface area (TPSA) is 60.5 Å². The smallest absolute Gasteiger partial charge is 0.226 e. The van der Waals surface area contributed by atoms with Gasteiger partial charge in [0.1, 0.15) is 0 Å². The third-order valence-electron chi connectivity index (χ3n) is 3.96.